The molecule has 0 radical (unpaired) electrons. The van der Waals surface area contributed by atoms with E-state index in [9.17, 15) is 19.8 Å². The predicted octanol–water partition coefficient (Wildman–Crippen LogP) is 2.69. The van der Waals surface area contributed by atoms with Gasteiger partial charge in [0.1, 0.15) is 11.8 Å². The third kappa shape index (κ3) is 5.81. The maximum absolute atomic E-state index is 11.8. The van der Waals surface area contributed by atoms with Crippen LogP contribution in [0.5, 0.6) is 5.75 Å². The molecule has 6 heteroatoms. The number of amides is 1. The number of hydrogen-bond acceptors (Lipinski definition) is 4. The van der Waals surface area contributed by atoms with Crippen LogP contribution in [0.1, 0.15) is 37.7 Å². The Bertz CT molecular complexity index is 522. The highest BCUT2D eigenvalue weighted by atomic mass is 16.5. The van der Waals surface area contributed by atoms with Gasteiger partial charge < -0.3 is 20.3 Å². The summed E-state index contributed by atoms with van der Waals surface area (Å²) in [6.45, 7) is 0.345. The van der Waals surface area contributed by atoms with E-state index in [1.165, 1.54) is 18.6 Å². The first kappa shape index (κ1) is 17.1. The number of alkyl carbamates (subject to hydrolysis) is 1. The van der Waals surface area contributed by atoms with E-state index in [0.717, 1.165) is 25.7 Å². The maximum Gasteiger partial charge on any atom is 0.407 e. The Morgan fingerprint density at radius 1 is 1.17 bits per heavy atom. The summed E-state index contributed by atoms with van der Waals surface area (Å²) in [5.41, 5.74) is 0.711. The molecule has 1 atom stereocenters. The number of hydrogen-bond donors (Lipinski definition) is 3. The number of aromatic hydroxyl groups is 1. The number of ether oxygens (including phenoxy) is 1. The average Bonchev–Trinajstić information content (AvgIpc) is 2.55. The minimum atomic E-state index is -1.12. The number of carbonyl (C=O) groups excluding carboxylic acids is 1. The maximum atomic E-state index is 11.8. The van der Waals surface area contributed by atoms with Gasteiger partial charge in [0.2, 0.25) is 0 Å². The molecule has 1 aliphatic rings. The zero-order valence-corrected chi connectivity index (χ0v) is 13.0. The zero-order chi connectivity index (χ0) is 16.7. The van der Waals surface area contributed by atoms with Gasteiger partial charge in [0.05, 0.1) is 6.61 Å². The lowest BCUT2D eigenvalue weighted by atomic mass is 9.90. The Morgan fingerprint density at radius 3 is 2.43 bits per heavy atom. The van der Waals surface area contributed by atoms with Crippen molar-refractivity contribution in [3.8, 4) is 5.75 Å². The van der Waals surface area contributed by atoms with E-state index >= 15 is 0 Å². The molecule has 0 spiro atoms. The molecule has 2 rings (SSSR count). The van der Waals surface area contributed by atoms with Crippen LogP contribution in [0.4, 0.5) is 4.79 Å². The van der Waals surface area contributed by atoms with Crippen LogP contribution in [-0.4, -0.2) is 34.9 Å². The van der Waals surface area contributed by atoms with Crippen molar-refractivity contribution in [3.05, 3.63) is 29.8 Å². The number of carbonyl (C=O) groups is 2. The summed E-state index contributed by atoms with van der Waals surface area (Å²) in [5.74, 6) is -0.622. The van der Waals surface area contributed by atoms with Crippen molar-refractivity contribution >= 4 is 12.1 Å². The van der Waals surface area contributed by atoms with Gasteiger partial charge in [0.15, 0.2) is 0 Å². The number of benzene rings is 1. The number of phenols is 1. The van der Waals surface area contributed by atoms with Crippen LogP contribution >= 0.6 is 0 Å². The highest BCUT2D eigenvalue weighted by Gasteiger charge is 2.22. The molecule has 6 nitrogen and oxygen atoms in total. The summed E-state index contributed by atoms with van der Waals surface area (Å²) in [7, 11) is 0. The molecule has 1 saturated carbocycles. The smallest absolute Gasteiger partial charge is 0.407 e. The number of rotatable bonds is 6. The molecule has 1 amide bonds. The van der Waals surface area contributed by atoms with Gasteiger partial charge in [-0.2, -0.15) is 0 Å². The van der Waals surface area contributed by atoms with Gasteiger partial charge in [-0.25, -0.2) is 9.59 Å². The lowest BCUT2D eigenvalue weighted by Crippen LogP contribution is -2.43. The molecule has 0 unspecified atom stereocenters. The zero-order valence-electron chi connectivity index (χ0n) is 13.0. The van der Waals surface area contributed by atoms with Crippen LogP contribution in [0.15, 0.2) is 24.3 Å². The van der Waals surface area contributed by atoms with E-state index in [-0.39, 0.29) is 12.2 Å². The summed E-state index contributed by atoms with van der Waals surface area (Å²) in [6.07, 6.45) is 5.11. The predicted molar refractivity (Wildman–Crippen MR) is 84.3 cm³/mol. The van der Waals surface area contributed by atoms with E-state index in [1.807, 2.05) is 0 Å². The largest absolute Gasteiger partial charge is 0.508 e. The second-order valence-corrected chi connectivity index (χ2v) is 6.01. The Kier molecular flexibility index (Phi) is 6.26. The van der Waals surface area contributed by atoms with Crippen molar-refractivity contribution in [2.75, 3.05) is 6.61 Å². The van der Waals surface area contributed by atoms with E-state index in [0.29, 0.717) is 18.1 Å². The molecule has 3 N–H and O–H groups in total. The van der Waals surface area contributed by atoms with Crippen molar-refractivity contribution in [1.82, 2.24) is 5.32 Å². The van der Waals surface area contributed by atoms with Crippen molar-refractivity contribution in [2.24, 2.45) is 5.92 Å². The molecule has 0 saturated heterocycles. The van der Waals surface area contributed by atoms with Crippen LogP contribution in [0, 0.1) is 5.92 Å². The fourth-order valence-corrected chi connectivity index (χ4v) is 2.80. The van der Waals surface area contributed by atoms with Gasteiger partial charge in [-0.3, -0.25) is 0 Å². The topological polar surface area (TPSA) is 95.9 Å². The van der Waals surface area contributed by atoms with Crippen molar-refractivity contribution < 1.29 is 24.5 Å². The van der Waals surface area contributed by atoms with E-state index < -0.39 is 18.1 Å². The third-order valence-corrected chi connectivity index (χ3v) is 4.14. The van der Waals surface area contributed by atoms with Gasteiger partial charge in [0, 0.05) is 6.42 Å². The molecule has 1 fully saturated rings. The third-order valence-electron chi connectivity index (χ3n) is 4.14. The lowest BCUT2D eigenvalue weighted by molar-refractivity contribution is -0.139. The Morgan fingerprint density at radius 2 is 1.83 bits per heavy atom. The molecule has 1 aliphatic carbocycles. The highest BCUT2D eigenvalue weighted by Crippen LogP contribution is 2.23. The Labute approximate surface area is 135 Å². The summed E-state index contributed by atoms with van der Waals surface area (Å²) >= 11 is 0. The first-order valence-corrected chi connectivity index (χ1v) is 7.98. The molecular weight excluding hydrogens is 298 g/mol. The lowest BCUT2D eigenvalue weighted by Gasteiger charge is -2.22. The fraction of sp³-hybridized carbons (Fsp3) is 0.529. The van der Waals surface area contributed by atoms with Crippen molar-refractivity contribution in [1.29, 1.82) is 0 Å². The molecule has 23 heavy (non-hydrogen) atoms. The molecule has 1 aromatic rings. The van der Waals surface area contributed by atoms with E-state index in [2.05, 4.69) is 5.32 Å². The second-order valence-electron chi connectivity index (χ2n) is 6.01. The van der Waals surface area contributed by atoms with Crippen LogP contribution in [-0.2, 0) is 16.0 Å². The quantitative estimate of drug-likeness (QED) is 0.748. The summed E-state index contributed by atoms with van der Waals surface area (Å²) < 4.78 is 5.17. The van der Waals surface area contributed by atoms with E-state index in [4.69, 9.17) is 4.74 Å². The number of carboxylic acids is 1. The number of nitrogens with one attached hydrogen (secondary N) is 1. The highest BCUT2D eigenvalue weighted by molar-refractivity contribution is 5.80. The van der Waals surface area contributed by atoms with Crippen LogP contribution in [0.25, 0.3) is 0 Å². The van der Waals surface area contributed by atoms with Gasteiger partial charge >= 0.3 is 12.1 Å². The van der Waals surface area contributed by atoms with Crippen LogP contribution in [0.3, 0.4) is 0 Å². The minimum Gasteiger partial charge on any atom is -0.508 e. The van der Waals surface area contributed by atoms with E-state index in [1.54, 1.807) is 12.1 Å². The van der Waals surface area contributed by atoms with Gasteiger partial charge in [0.25, 0.3) is 0 Å². The van der Waals surface area contributed by atoms with Crippen LogP contribution in [0.2, 0.25) is 0 Å². The monoisotopic (exact) mass is 321 g/mol. The molecule has 1 aromatic carbocycles. The Hall–Kier alpha value is -2.24. The van der Waals surface area contributed by atoms with Gasteiger partial charge in [-0.1, -0.05) is 31.4 Å². The number of carboxylic acid groups (broad SMARTS) is 1. The minimum absolute atomic E-state index is 0.112. The van der Waals surface area contributed by atoms with Gasteiger partial charge in [-0.05, 0) is 36.5 Å². The number of aliphatic carboxylic acids is 1. The first-order chi connectivity index (χ1) is 11.0. The first-order valence-electron chi connectivity index (χ1n) is 7.98. The molecule has 0 aliphatic heterocycles. The average molecular weight is 321 g/mol. The van der Waals surface area contributed by atoms with Crippen molar-refractivity contribution in [2.45, 2.75) is 44.6 Å². The summed E-state index contributed by atoms with van der Waals surface area (Å²) in [4.78, 5) is 23.1. The summed E-state index contributed by atoms with van der Waals surface area (Å²) in [5, 5.41) is 20.9. The van der Waals surface area contributed by atoms with Crippen molar-refractivity contribution in [3.63, 3.8) is 0 Å². The SMILES string of the molecule is O=C(N[C@@H](Cc1ccc(O)cc1)C(=O)O)OCC1CCCCC1. The Balaban J connectivity index is 1.81. The molecule has 126 valence electrons. The molecule has 0 heterocycles. The summed E-state index contributed by atoms with van der Waals surface area (Å²) in [6, 6.07) is 5.16. The second kappa shape index (κ2) is 8.41. The van der Waals surface area contributed by atoms with Gasteiger partial charge in [-0.15, -0.1) is 0 Å². The normalized spacial score (nSPS) is 16.5. The molecule has 0 aromatic heterocycles. The van der Waals surface area contributed by atoms with Crippen LogP contribution < -0.4 is 5.32 Å². The standard InChI is InChI=1S/C17H23NO5/c19-14-8-6-12(7-9-14)10-15(16(20)21)18-17(22)23-11-13-4-2-1-3-5-13/h6-9,13,15,19H,1-5,10-11H2,(H,18,22)(H,20,21)/t15-/m0/s1. The fourth-order valence-electron chi connectivity index (χ4n) is 2.80. The molecular formula is C17H23NO5. The number of phenolic OH excluding ortho intramolecular Hbond substituents is 1. The molecule has 0 bridgehead atoms.